The monoisotopic (exact) mass is 512 g/mol. The van der Waals surface area contributed by atoms with Crippen LogP contribution in [0.15, 0.2) is 60.4 Å². The third-order valence-corrected chi connectivity index (χ3v) is 5.72. The SMILES string of the molecule is CC(C)=CCOCCC(=O)Nc1ccc(C#Cc2cc(-c3cnc(N)nc3)nc(N3CCOCC3)c2)cc1. The molecule has 2 aromatic heterocycles. The van der Waals surface area contributed by atoms with E-state index in [9.17, 15) is 4.79 Å². The lowest BCUT2D eigenvalue weighted by Gasteiger charge is -2.28. The standard InChI is InChI=1S/C29H32N6O3/c1-21(2)9-13-37-14-10-28(36)33-25-7-5-22(6-8-25)3-4-23-17-26(24-19-31-29(30)32-20-24)34-27(18-23)35-11-15-38-16-12-35/h5-9,17-20H,10-16H2,1-2H3,(H,33,36)(H2,30,31,32). The van der Waals surface area contributed by atoms with Crippen LogP contribution in [-0.2, 0) is 14.3 Å². The van der Waals surface area contributed by atoms with Crippen molar-refractivity contribution in [2.75, 3.05) is 55.5 Å². The number of nitrogen functional groups attached to an aromatic ring is 1. The van der Waals surface area contributed by atoms with Gasteiger partial charge < -0.3 is 25.4 Å². The summed E-state index contributed by atoms with van der Waals surface area (Å²) < 4.78 is 10.9. The fourth-order valence-electron chi connectivity index (χ4n) is 3.64. The molecule has 0 aliphatic carbocycles. The van der Waals surface area contributed by atoms with Crippen molar-refractivity contribution in [3.8, 4) is 23.1 Å². The molecule has 1 fully saturated rings. The number of ether oxygens (including phenoxy) is 2. The zero-order valence-electron chi connectivity index (χ0n) is 21.7. The molecule has 0 radical (unpaired) electrons. The van der Waals surface area contributed by atoms with Crippen molar-refractivity contribution in [3.63, 3.8) is 0 Å². The number of pyridine rings is 1. The maximum atomic E-state index is 12.2. The number of amides is 1. The topological polar surface area (TPSA) is 115 Å². The average molecular weight is 513 g/mol. The highest BCUT2D eigenvalue weighted by atomic mass is 16.5. The van der Waals surface area contributed by atoms with E-state index in [1.165, 1.54) is 5.57 Å². The Bertz CT molecular complexity index is 1320. The largest absolute Gasteiger partial charge is 0.378 e. The number of allylic oxidation sites excluding steroid dienone is 1. The molecule has 9 nitrogen and oxygen atoms in total. The van der Waals surface area contributed by atoms with Gasteiger partial charge in [-0.1, -0.05) is 23.5 Å². The van der Waals surface area contributed by atoms with Crippen molar-refractivity contribution in [2.24, 2.45) is 0 Å². The number of carbonyl (C=O) groups is 1. The first-order chi connectivity index (χ1) is 18.5. The summed E-state index contributed by atoms with van der Waals surface area (Å²) in [5.74, 6) is 7.41. The van der Waals surface area contributed by atoms with Crippen LogP contribution >= 0.6 is 0 Å². The highest BCUT2D eigenvalue weighted by molar-refractivity contribution is 5.90. The molecule has 1 aromatic carbocycles. The molecule has 0 saturated carbocycles. The minimum Gasteiger partial charge on any atom is -0.378 e. The second-order valence-electron chi connectivity index (χ2n) is 9.01. The summed E-state index contributed by atoms with van der Waals surface area (Å²) >= 11 is 0. The Kier molecular flexibility index (Phi) is 9.40. The van der Waals surface area contributed by atoms with Gasteiger partial charge in [0, 0.05) is 47.9 Å². The molecule has 1 aliphatic heterocycles. The van der Waals surface area contributed by atoms with E-state index < -0.39 is 0 Å². The summed E-state index contributed by atoms with van der Waals surface area (Å²) in [5.41, 5.74) is 10.7. The fraction of sp³-hybridized carbons (Fsp3) is 0.310. The number of nitrogens with zero attached hydrogens (tertiary/aromatic N) is 4. The number of hydrogen-bond acceptors (Lipinski definition) is 8. The van der Waals surface area contributed by atoms with Gasteiger partial charge in [-0.3, -0.25) is 4.79 Å². The van der Waals surface area contributed by atoms with Crippen LogP contribution in [0.2, 0.25) is 0 Å². The fourth-order valence-corrected chi connectivity index (χ4v) is 3.64. The van der Waals surface area contributed by atoms with Gasteiger partial charge in [0.05, 0.1) is 38.5 Å². The lowest BCUT2D eigenvalue weighted by molar-refractivity contribution is -0.117. The second kappa shape index (κ2) is 13.3. The van der Waals surface area contributed by atoms with E-state index in [0.29, 0.717) is 38.5 Å². The first-order valence-corrected chi connectivity index (χ1v) is 12.5. The summed E-state index contributed by atoms with van der Waals surface area (Å²) in [6.45, 7) is 7.75. The third-order valence-electron chi connectivity index (χ3n) is 5.72. The summed E-state index contributed by atoms with van der Waals surface area (Å²) in [4.78, 5) is 27.4. The van der Waals surface area contributed by atoms with E-state index in [0.717, 1.165) is 41.3 Å². The summed E-state index contributed by atoms with van der Waals surface area (Å²) in [6.07, 6.45) is 5.61. The predicted octanol–water partition coefficient (Wildman–Crippen LogP) is 3.67. The van der Waals surface area contributed by atoms with Crippen molar-refractivity contribution in [3.05, 3.63) is 71.6 Å². The predicted molar refractivity (Wildman–Crippen MR) is 149 cm³/mol. The third kappa shape index (κ3) is 8.13. The molecule has 1 aliphatic rings. The Balaban J connectivity index is 1.44. The number of carbonyl (C=O) groups excluding carboxylic acids is 1. The Morgan fingerprint density at radius 1 is 1.11 bits per heavy atom. The summed E-state index contributed by atoms with van der Waals surface area (Å²) in [7, 11) is 0. The van der Waals surface area contributed by atoms with Crippen LogP contribution in [0.3, 0.4) is 0 Å². The van der Waals surface area contributed by atoms with Gasteiger partial charge in [-0.25, -0.2) is 15.0 Å². The molecule has 1 amide bonds. The lowest BCUT2D eigenvalue weighted by Crippen LogP contribution is -2.36. The smallest absolute Gasteiger partial charge is 0.226 e. The molecule has 4 rings (SSSR count). The summed E-state index contributed by atoms with van der Waals surface area (Å²) in [6, 6.07) is 11.3. The first-order valence-electron chi connectivity index (χ1n) is 12.5. The van der Waals surface area contributed by atoms with Gasteiger partial charge in [-0.2, -0.15) is 0 Å². The molecule has 0 unspecified atom stereocenters. The molecule has 9 heteroatoms. The first kappa shape index (κ1) is 26.8. The number of hydrogen-bond donors (Lipinski definition) is 2. The molecule has 3 aromatic rings. The maximum absolute atomic E-state index is 12.2. The number of benzene rings is 1. The minimum absolute atomic E-state index is 0.0901. The summed E-state index contributed by atoms with van der Waals surface area (Å²) in [5, 5.41) is 2.89. The van der Waals surface area contributed by atoms with Crippen LogP contribution in [0.4, 0.5) is 17.5 Å². The zero-order chi connectivity index (χ0) is 26.7. The van der Waals surface area contributed by atoms with Gasteiger partial charge >= 0.3 is 0 Å². The maximum Gasteiger partial charge on any atom is 0.226 e. The number of morpholine rings is 1. The molecular formula is C29H32N6O3. The normalized spacial score (nSPS) is 12.8. The number of aromatic nitrogens is 3. The van der Waals surface area contributed by atoms with E-state index in [1.807, 2.05) is 56.3 Å². The van der Waals surface area contributed by atoms with Crippen LogP contribution in [0.5, 0.6) is 0 Å². The van der Waals surface area contributed by atoms with Crippen LogP contribution in [0, 0.1) is 11.8 Å². The molecule has 3 N–H and O–H groups in total. The van der Waals surface area contributed by atoms with Gasteiger partial charge in [0.2, 0.25) is 11.9 Å². The lowest BCUT2D eigenvalue weighted by atomic mass is 10.1. The van der Waals surface area contributed by atoms with E-state index in [2.05, 4.69) is 32.0 Å². The van der Waals surface area contributed by atoms with Gasteiger partial charge in [0.25, 0.3) is 0 Å². The van der Waals surface area contributed by atoms with Crippen molar-refractivity contribution in [2.45, 2.75) is 20.3 Å². The minimum atomic E-state index is -0.0901. The Hall–Kier alpha value is -4.26. The van der Waals surface area contributed by atoms with Crippen LogP contribution in [0.25, 0.3) is 11.3 Å². The van der Waals surface area contributed by atoms with Crippen molar-refractivity contribution >= 4 is 23.4 Å². The number of nitrogens with two attached hydrogens (primary N) is 1. The molecular weight excluding hydrogens is 480 g/mol. The van der Waals surface area contributed by atoms with E-state index >= 15 is 0 Å². The Morgan fingerprint density at radius 2 is 1.82 bits per heavy atom. The highest BCUT2D eigenvalue weighted by Crippen LogP contribution is 2.23. The van der Waals surface area contributed by atoms with Crippen LogP contribution in [0.1, 0.15) is 31.4 Å². The molecule has 1 saturated heterocycles. The van der Waals surface area contributed by atoms with Gasteiger partial charge in [-0.15, -0.1) is 0 Å². The van der Waals surface area contributed by atoms with E-state index in [1.54, 1.807) is 12.4 Å². The van der Waals surface area contributed by atoms with Crippen molar-refractivity contribution < 1.29 is 14.3 Å². The Labute approximate surface area is 223 Å². The van der Waals surface area contributed by atoms with Gasteiger partial charge in [0.15, 0.2) is 0 Å². The quantitative estimate of drug-likeness (QED) is 0.267. The van der Waals surface area contributed by atoms with Gasteiger partial charge in [-0.05, 0) is 50.2 Å². The van der Waals surface area contributed by atoms with Crippen LogP contribution < -0.4 is 16.0 Å². The van der Waals surface area contributed by atoms with E-state index in [4.69, 9.17) is 20.2 Å². The Morgan fingerprint density at radius 3 is 2.53 bits per heavy atom. The van der Waals surface area contributed by atoms with E-state index in [-0.39, 0.29) is 11.9 Å². The van der Waals surface area contributed by atoms with Crippen LogP contribution in [-0.4, -0.2) is 60.4 Å². The molecule has 0 atom stereocenters. The van der Waals surface area contributed by atoms with Crippen molar-refractivity contribution in [1.29, 1.82) is 0 Å². The molecule has 196 valence electrons. The molecule has 3 heterocycles. The molecule has 0 bridgehead atoms. The second-order valence-corrected chi connectivity index (χ2v) is 9.01. The number of nitrogens with one attached hydrogen (secondary N) is 1. The molecule has 38 heavy (non-hydrogen) atoms. The average Bonchev–Trinajstić information content (AvgIpc) is 2.93. The van der Waals surface area contributed by atoms with Gasteiger partial charge in [0.1, 0.15) is 5.82 Å². The zero-order valence-corrected chi connectivity index (χ0v) is 21.7. The van der Waals surface area contributed by atoms with Crippen molar-refractivity contribution in [1.82, 2.24) is 15.0 Å². The number of anilines is 3. The molecule has 0 spiro atoms. The number of rotatable bonds is 8. The highest BCUT2D eigenvalue weighted by Gasteiger charge is 2.15.